The molecule has 3 unspecified atom stereocenters. The fraction of sp³-hybridized carbons (Fsp3) is 0.790. The van der Waals surface area contributed by atoms with Crippen molar-refractivity contribution in [2.24, 2.45) is 46.3 Å². The minimum atomic E-state index is -3.84. The van der Waals surface area contributed by atoms with Gasteiger partial charge in [0.15, 0.2) is 0 Å². The van der Waals surface area contributed by atoms with E-state index >= 15 is 0 Å². The zero-order valence-corrected chi connectivity index (χ0v) is 47.3. The largest absolute Gasteiger partial charge is 0.445 e. The van der Waals surface area contributed by atoms with E-state index in [1.807, 2.05) is 54.3 Å². The van der Waals surface area contributed by atoms with Crippen molar-refractivity contribution in [1.82, 2.24) is 4.90 Å². The van der Waals surface area contributed by atoms with Crippen molar-refractivity contribution in [1.29, 1.82) is 0 Å². The van der Waals surface area contributed by atoms with Gasteiger partial charge >= 0.3 is 6.09 Å². The molecular weight excluding hydrogens is 919 g/mol. The van der Waals surface area contributed by atoms with E-state index in [9.17, 15) is 13.2 Å². The van der Waals surface area contributed by atoms with Crippen LogP contribution in [0.5, 0.6) is 0 Å². The summed E-state index contributed by atoms with van der Waals surface area (Å²) in [5.41, 5.74) is 2.21. The summed E-state index contributed by atoms with van der Waals surface area (Å²) in [6.07, 6.45) is 27.9. The number of rotatable bonds is 33. The maximum Gasteiger partial charge on any atom is 0.410 e. The summed E-state index contributed by atoms with van der Waals surface area (Å²) in [6.45, 7) is 20.4. The van der Waals surface area contributed by atoms with Gasteiger partial charge in [0.25, 0.3) is 10.1 Å². The lowest BCUT2D eigenvalue weighted by molar-refractivity contribution is -0.228. The fourth-order valence-corrected chi connectivity index (χ4v) is 15.3. The van der Waals surface area contributed by atoms with Crippen molar-refractivity contribution in [2.75, 3.05) is 39.5 Å². The lowest BCUT2D eigenvalue weighted by atomic mass is 9.43. The molecule has 72 heavy (non-hydrogen) atoms. The Hall–Kier alpha value is -2.50. The van der Waals surface area contributed by atoms with Gasteiger partial charge in [0, 0.05) is 38.3 Å². The van der Waals surface area contributed by atoms with Crippen molar-refractivity contribution in [3.63, 3.8) is 0 Å². The second-order valence-corrected chi connectivity index (χ2v) is 25.1. The van der Waals surface area contributed by atoms with E-state index in [4.69, 9.17) is 23.1 Å². The zero-order chi connectivity index (χ0) is 51.4. The number of hydrogen-bond acceptors (Lipinski definition) is 8. The molecule has 0 heterocycles. The first-order valence-electron chi connectivity index (χ1n) is 29.6. The Labute approximate surface area is 439 Å². The van der Waals surface area contributed by atoms with E-state index in [0.717, 1.165) is 114 Å². The summed E-state index contributed by atoms with van der Waals surface area (Å²) < 4.78 is 58.7. The molecule has 9 nitrogen and oxygen atoms in total. The first kappa shape index (κ1) is 58.8. The molecule has 0 spiro atoms. The van der Waals surface area contributed by atoms with Crippen LogP contribution in [0.3, 0.4) is 0 Å². The second-order valence-electron chi connectivity index (χ2n) is 23.5. The smallest absolute Gasteiger partial charge is 0.410 e. The van der Waals surface area contributed by atoms with Gasteiger partial charge in [-0.05, 0) is 149 Å². The number of ether oxygens (including phenoxy) is 4. The van der Waals surface area contributed by atoms with E-state index < -0.39 is 10.1 Å². The summed E-state index contributed by atoms with van der Waals surface area (Å²) in [7, 11) is -3.84. The highest BCUT2D eigenvalue weighted by Gasteiger charge is 2.66. The van der Waals surface area contributed by atoms with Crippen LogP contribution in [0.15, 0.2) is 59.5 Å². The van der Waals surface area contributed by atoms with Crippen molar-refractivity contribution < 1.29 is 36.3 Å². The Balaban J connectivity index is 1.14. The van der Waals surface area contributed by atoms with Crippen LogP contribution in [0.25, 0.3) is 0 Å². The van der Waals surface area contributed by atoms with Crippen LogP contribution in [-0.2, 0) is 39.9 Å². The van der Waals surface area contributed by atoms with Gasteiger partial charge in [-0.2, -0.15) is 8.42 Å². The van der Waals surface area contributed by atoms with E-state index in [2.05, 4.69) is 41.5 Å². The molecule has 2 aromatic rings. The molecule has 4 aliphatic carbocycles. The topological polar surface area (TPSA) is 101 Å². The Bertz CT molecular complexity index is 1950. The average Bonchev–Trinajstić information content (AvgIpc) is 3.74. The number of fused-ring (bicyclic) bond motifs is 5. The maximum atomic E-state index is 13.8. The van der Waals surface area contributed by atoms with Crippen molar-refractivity contribution in [2.45, 2.75) is 232 Å². The lowest BCUT2D eigenvalue weighted by Crippen LogP contribution is -2.63. The van der Waals surface area contributed by atoms with Crippen LogP contribution < -0.4 is 0 Å². The predicted octanol–water partition coefficient (Wildman–Crippen LogP) is 15.7. The molecule has 6 rings (SSSR count). The van der Waals surface area contributed by atoms with Gasteiger partial charge in [-0.3, -0.25) is 4.18 Å². The van der Waals surface area contributed by atoms with Crippen molar-refractivity contribution in [3.8, 4) is 0 Å². The third-order valence-electron chi connectivity index (χ3n) is 18.6. The summed E-state index contributed by atoms with van der Waals surface area (Å²) in [6, 6.07) is 16.9. The van der Waals surface area contributed by atoms with Gasteiger partial charge in [-0.25, -0.2) is 4.79 Å². The van der Waals surface area contributed by atoms with Gasteiger partial charge in [0.2, 0.25) is 0 Å². The lowest BCUT2D eigenvalue weighted by Gasteiger charge is -2.65. The van der Waals surface area contributed by atoms with E-state index in [-0.39, 0.29) is 40.6 Å². The molecule has 4 saturated carbocycles. The first-order valence-corrected chi connectivity index (χ1v) is 31.0. The molecule has 408 valence electrons. The normalized spacial score (nSPS) is 28.5. The Kier molecular flexibility index (Phi) is 24.2. The van der Waals surface area contributed by atoms with Crippen molar-refractivity contribution in [3.05, 3.63) is 65.7 Å². The highest BCUT2D eigenvalue weighted by Crippen LogP contribution is 2.69. The Morgan fingerprint density at radius 1 is 0.681 bits per heavy atom. The predicted molar refractivity (Wildman–Crippen MR) is 292 cm³/mol. The van der Waals surface area contributed by atoms with Crippen molar-refractivity contribution >= 4 is 16.2 Å². The number of nitrogens with zero attached hydrogens (tertiary/aromatic N) is 1. The Morgan fingerprint density at radius 3 is 2.01 bits per heavy atom. The highest BCUT2D eigenvalue weighted by molar-refractivity contribution is 7.86. The quantitative estimate of drug-likeness (QED) is 0.0515. The molecule has 10 heteroatoms. The minimum Gasteiger partial charge on any atom is -0.445 e. The number of amides is 1. The number of carbonyl (C=O) groups is 1. The van der Waals surface area contributed by atoms with Crippen LogP contribution >= 0.6 is 0 Å². The standard InChI is InChI=1S/C62H101NO8S/c1-8-11-14-15-16-17-18-19-20-24-38-63(60(64)70-47-50-28-22-21-23-29-50)39-25-27-49(5)54-34-35-55-59-56(46-58(62(54,55)7)69-41-13-10-3)61(6)37-36-52(67-40-12-9-2)44-51(61)45-57(59)68-42-26-43-71-72(65,66)53-32-30-48(4)31-33-53/h21-23,28-33,49,51-52,54-59H,8-20,24-27,34-47H2,1-7H3/t49?,51?,52-,54-,55+,56+,57-,58+,59?,61+,62-/m1/s1. The molecule has 0 aromatic heterocycles. The minimum absolute atomic E-state index is 0.00483. The molecule has 0 saturated heterocycles. The van der Waals surface area contributed by atoms with Gasteiger partial charge in [-0.15, -0.1) is 0 Å². The first-order chi connectivity index (χ1) is 34.8. The van der Waals surface area contributed by atoms with Crippen LogP contribution in [0, 0.1) is 53.3 Å². The maximum absolute atomic E-state index is 13.8. The highest BCUT2D eigenvalue weighted by atomic mass is 32.2. The van der Waals surface area contributed by atoms with Gasteiger partial charge in [0.05, 0.1) is 29.8 Å². The van der Waals surface area contributed by atoms with Gasteiger partial charge in [-0.1, -0.05) is 160 Å². The van der Waals surface area contributed by atoms with Crippen LogP contribution in [0.1, 0.15) is 207 Å². The average molecular weight is 1020 g/mol. The number of carbonyl (C=O) groups excluding carboxylic acids is 1. The van der Waals surface area contributed by atoms with Crippen LogP contribution in [-0.4, -0.2) is 77.2 Å². The SMILES string of the molecule is CCCCCCCCCCCCN(CCCC(C)[C@H]1CC[C@H]2C3[C@H](OCCCOS(=O)(=O)c4ccc(C)cc4)CC4C[C@H](OCCCC)CC[C@]4(C)[C@H]3C[C@H](OCCCC)[C@]12C)C(=O)OCc1ccccc1. The summed E-state index contributed by atoms with van der Waals surface area (Å²) in [4.78, 5) is 16.0. The van der Waals surface area contributed by atoms with Gasteiger partial charge in [0.1, 0.15) is 6.61 Å². The molecule has 0 radical (unpaired) electrons. The van der Waals surface area contributed by atoms with Crippen LogP contribution in [0.4, 0.5) is 4.79 Å². The molecule has 4 fully saturated rings. The summed E-state index contributed by atoms with van der Waals surface area (Å²) >= 11 is 0. The fourth-order valence-electron chi connectivity index (χ4n) is 14.3. The third-order valence-corrected chi connectivity index (χ3v) is 19.9. The number of hydrogen-bond donors (Lipinski definition) is 0. The molecule has 0 bridgehead atoms. The number of unbranched alkanes of at least 4 members (excludes halogenated alkanes) is 11. The number of aryl methyl sites for hydroxylation is 1. The summed E-state index contributed by atoms with van der Waals surface area (Å²) in [5, 5.41) is 0. The van der Waals surface area contributed by atoms with E-state index in [1.165, 1.54) is 70.6 Å². The number of benzene rings is 2. The molecule has 4 aliphatic rings. The summed E-state index contributed by atoms with van der Waals surface area (Å²) in [5.74, 6) is 2.84. The van der Waals surface area contributed by atoms with E-state index in [0.29, 0.717) is 61.2 Å². The second kappa shape index (κ2) is 29.7. The van der Waals surface area contributed by atoms with Crippen LogP contribution in [0.2, 0.25) is 0 Å². The third kappa shape index (κ3) is 16.0. The molecule has 0 N–H and O–H groups in total. The van der Waals surface area contributed by atoms with E-state index in [1.54, 1.807) is 12.1 Å². The van der Waals surface area contributed by atoms with Gasteiger partial charge < -0.3 is 23.8 Å². The Morgan fingerprint density at radius 2 is 1.32 bits per heavy atom. The molecular formula is C62H101NO8S. The monoisotopic (exact) mass is 1020 g/mol. The molecule has 2 aromatic carbocycles. The molecule has 1 amide bonds. The molecule has 11 atom stereocenters. The zero-order valence-electron chi connectivity index (χ0n) is 46.4. The molecule has 0 aliphatic heterocycles.